The molecule has 2 aromatic rings. The molecular weight excluding hydrogens is 325 g/mol. The van der Waals surface area contributed by atoms with Crippen LogP contribution < -0.4 is 0 Å². The number of likely N-dealkylation sites (tertiary alicyclic amines) is 1. The third-order valence-electron chi connectivity index (χ3n) is 4.25. The van der Waals surface area contributed by atoms with Gasteiger partial charge in [0.25, 0.3) is 11.7 Å². The van der Waals surface area contributed by atoms with Gasteiger partial charge in [0.1, 0.15) is 23.4 Å². The van der Waals surface area contributed by atoms with Crippen molar-refractivity contribution in [3.05, 3.63) is 64.9 Å². The van der Waals surface area contributed by atoms with Gasteiger partial charge in [0, 0.05) is 12.1 Å². The van der Waals surface area contributed by atoms with Gasteiger partial charge in [-0.15, -0.1) is 0 Å². The van der Waals surface area contributed by atoms with Gasteiger partial charge >= 0.3 is 0 Å². The molecule has 0 bridgehead atoms. The second-order valence-electron chi connectivity index (χ2n) is 5.97. The molecule has 3 rings (SSSR count). The van der Waals surface area contributed by atoms with Gasteiger partial charge < -0.3 is 14.4 Å². The summed E-state index contributed by atoms with van der Waals surface area (Å²) in [6.07, 6.45) is 2.10. The molecule has 1 saturated heterocycles. The molecule has 6 heteroatoms. The maximum absolute atomic E-state index is 13.5. The van der Waals surface area contributed by atoms with E-state index < -0.39 is 23.5 Å². The van der Waals surface area contributed by atoms with E-state index in [9.17, 15) is 19.1 Å². The van der Waals surface area contributed by atoms with Gasteiger partial charge in [-0.25, -0.2) is 4.39 Å². The highest BCUT2D eigenvalue weighted by molar-refractivity contribution is 6.46. The number of hydrogen-bond acceptors (Lipinski definition) is 4. The summed E-state index contributed by atoms with van der Waals surface area (Å²) in [6.45, 7) is 3.81. The molecule has 0 saturated carbocycles. The van der Waals surface area contributed by atoms with Crippen LogP contribution in [0, 0.1) is 12.7 Å². The predicted molar refractivity (Wildman–Crippen MR) is 89.1 cm³/mol. The highest BCUT2D eigenvalue weighted by Crippen LogP contribution is 2.39. The van der Waals surface area contributed by atoms with E-state index in [4.69, 9.17) is 4.42 Å². The molecule has 0 spiro atoms. The number of rotatable bonds is 4. The number of benzene rings is 1. The minimum absolute atomic E-state index is 0.0422. The molecule has 1 aromatic carbocycles. The van der Waals surface area contributed by atoms with Gasteiger partial charge in [-0.05, 0) is 49.2 Å². The minimum Gasteiger partial charge on any atom is -0.507 e. The Kier molecular flexibility index (Phi) is 4.44. The number of nitrogens with zero attached hydrogens (tertiary/aromatic N) is 1. The number of carbonyl (C=O) groups excluding carboxylic acids is 2. The maximum Gasteiger partial charge on any atom is 0.295 e. The van der Waals surface area contributed by atoms with E-state index in [1.54, 1.807) is 19.1 Å². The van der Waals surface area contributed by atoms with Crippen LogP contribution in [0.4, 0.5) is 4.39 Å². The second-order valence-corrected chi connectivity index (χ2v) is 5.97. The van der Waals surface area contributed by atoms with E-state index >= 15 is 0 Å². The molecule has 1 fully saturated rings. The van der Waals surface area contributed by atoms with Crippen molar-refractivity contribution in [3.63, 3.8) is 0 Å². The Hall–Kier alpha value is -2.89. The fraction of sp³-hybridized carbons (Fsp3) is 0.263. The van der Waals surface area contributed by atoms with Crippen LogP contribution >= 0.6 is 0 Å². The molecule has 0 aliphatic carbocycles. The quantitative estimate of drug-likeness (QED) is 0.523. The molecule has 5 nitrogen and oxygen atoms in total. The zero-order valence-electron chi connectivity index (χ0n) is 14.0. The minimum atomic E-state index is -0.791. The average molecular weight is 343 g/mol. The number of aryl methyl sites for hydroxylation is 1. The van der Waals surface area contributed by atoms with Crippen LogP contribution in [-0.4, -0.2) is 28.2 Å². The summed E-state index contributed by atoms with van der Waals surface area (Å²) >= 11 is 0. The van der Waals surface area contributed by atoms with Crippen molar-refractivity contribution in [2.45, 2.75) is 26.3 Å². The lowest BCUT2D eigenvalue weighted by molar-refractivity contribution is -0.140. The number of halogens is 1. The van der Waals surface area contributed by atoms with Gasteiger partial charge in [-0.2, -0.15) is 0 Å². The Balaban J connectivity index is 2.17. The van der Waals surface area contributed by atoms with Crippen LogP contribution in [-0.2, 0) is 9.59 Å². The average Bonchev–Trinajstić information content (AvgIpc) is 3.19. The first-order valence-electron chi connectivity index (χ1n) is 8.04. The molecule has 2 heterocycles. The second kappa shape index (κ2) is 6.55. The lowest BCUT2D eigenvalue weighted by Crippen LogP contribution is -2.30. The van der Waals surface area contributed by atoms with Crippen molar-refractivity contribution in [2.24, 2.45) is 0 Å². The van der Waals surface area contributed by atoms with Crippen molar-refractivity contribution in [1.29, 1.82) is 0 Å². The molecule has 1 atom stereocenters. The van der Waals surface area contributed by atoms with Gasteiger partial charge in [-0.1, -0.05) is 6.92 Å². The van der Waals surface area contributed by atoms with Crippen LogP contribution in [0.2, 0.25) is 0 Å². The van der Waals surface area contributed by atoms with E-state index in [1.807, 2.05) is 6.92 Å². The van der Waals surface area contributed by atoms with E-state index in [-0.39, 0.29) is 16.9 Å². The van der Waals surface area contributed by atoms with Crippen molar-refractivity contribution >= 4 is 17.4 Å². The zero-order valence-corrected chi connectivity index (χ0v) is 14.0. The monoisotopic (exact) mass is 343 g/mol. The fourth-order valence-corrected chi connectivity index (χ4v) is 3.04. The Morgan fingerprint density at radius 3 is 2.68 bits per heavy atom. The van der Waals surface area contributed by atoms with Gasteiger partial charge in [0.05, 0.1) is 11.8 Å². The third kappa shape index (κ3) is 2.84. The molecule has 1 amide bonds. The van der Waals surface area contributed by atoms with Gasteiger partial charge in [0.15, 0.2) is 0 Å². The summed E-state index contributed by atoms with van der Waals surface area (Å²) < 4.78 is 18.9. The number of Topliss-reactive ketones (excluding diaryl/α,β-unsaturated/α-hetero) is 1. The molecule has 130 valence electrons. The van der Waals surface area contributed by atoms with Crippen LogP contribution in [0.5, 0.6) is 0 Å². The number of carbonyl (C=O) groups is 2. The van der Waals surface area contributed by atoms with Crippen molar-refractivity contribution in [2.75, 3.05) is 6.54 Å². The van der Waals surface area contributed by atoms with Crippen LogP contribution in [0.3, 0.4) is 0 Å². The molecule has 1 N–H and O–H groups in total. The Bertz CT molecular complexity index is 854. The third-order valence-corrected chi connectivity index (χ3v) is 4.25. The number of ketones is 1. The van der Waals surface area contributed by atoms with Gasteiger partial charge in [0.2, 0.25) is 0 Å². The van der Waals surface area contributed by atoms with Crippen molar-refractivity contribution in [1.82, 2.24) is 4.90 Å². The summed E-state index contributed by atoms with van der Waals surface area (Å²) in [4.78, 5) is 26.3. The van der Waals surface area contributed by atoms with Crippen LogP contribution in [0.15, 0.2) is 46.6 Å². The summed E-state index contributed by atoms with van der Waals surface area (Å²) in [5.74, 6) is -1.79. The number of amides is 1. The fourth-order valence-electron chi connectivity index (χ4n) is 3.04. The largest absolute Gasteiger partial charge is 0.507 e. The Morgan fingerprint density at radius 2 is 2.08 bits per heavy atom. The first-order valence-corrected chi connectivity index (χ1v) is 8.04. The van der Waals surface area contributed by atoms with Gasteiger partial charge in [-0.3, -0.25) is 9.59 Å². The molecule has 1 unspecified atom stereocenters. The Morgan fingerprint density at radius 1 is 1.32 bits per heavy atom. The number of furan rings is 1. The summed E-state index contributed by atoms with van der Waals surface area (Å²) in [6, 6.07) is 6.56. The molecule has 1 aliphatic heterocycles. The summed E-state index contributed by atoms with van der Waals surface area (Å²) in [5, 5.41) is 10.7. The SMILES string of the molecule is CCCN1C(=O)C(=O)/C(=C(\O)c2ccc(F)c(C)c2)C1c1ccco1. The zero-order chi connectivity index (χ0) is 18.1. The van der Waals surface area contributed by atoms with Crippen LogP contribution in [0.1, 0.15) is 36.3 Å². The predicted octanol–water partition coefficient (Wildman–Crippen LogP) is 3.56. The Labute approximate surface area is 144 Å². The molecule has 25 heavy (non-hydrogen) atoms. The lowest BCUT2D eigenvalue weighted by Gasteiger charge is -2.22. The van der Waals surface area contributed by atoms with Crippen molar-refractivity contribution < 1.29 is 23.5 Å². The smallest absolute Gasteiger partial charge is 0.295 e. The number of hydrogen-bond donors (Lipinski definition) is 1. The number of aliphatic hydroxyl groups excluding tert-OH is 1. The van der Waals surface area contributed by atoms with E-state index in [1.165, 1.54) is 29.4 Å². The lowest BCUT2D eigenvalue weighted by atomic mass is 9.98. The molecule has 0 radical (unpaired) electrons. The van der Waals surface area contributed by atoms with E-state index in [0.29, 0.717) is 24.3 Å². The molecule has 1 aromatic heterocycles. The van der Waals surface area contributed by atoms with E-state index in [2.05, 4.69) is 0 Å². The highest BCUT2D eigenvalue weighted by Gasteiger charge is 2.47. The first-order chi connectivity index (χ1) is 12.0. The summed E-state index contributed by atoms with van der Waals surface area (Å²) in [7, 11) is 0. The normalized spacial score (nSPS) is 19.6. The summed E-state index contributed by atoms with van der Waals surface area (Å²) in [5.41, 5.74) is 0.575. The molecular formula is C19H18FNO4. The maximum atomic E-state index is 13.5. The standard InChI is InChI=1S/C19H18FNO4/c1-3-8-21-16(14-5-4-9-25-14)15(18(23)19(21)24)17(22)12-6-7-13(20)11(2)10-12/h4-7,9-10,16,22H,3,8H2,1-2H3/b17-15-. The topological polar surface area (TPSA) is 70.8 Å². The first kappa shape index (κ1) is 17.0. The molecule has 1 aliphatic rings. The van der Waals surface area contributed by atoms with Crippen molar-refractivity contribution in [3.8, 4) is 0 Å². The van der Waals surface area contributed by atoms with E-state index in [0.717, 1.165) is 0 Å². The highest BCUT2D eigenvalue weighted by atomic mass is 19.1. The number of aliphatic hydroxyl groups is 1. The van der Waals surface area contributed by atoms with Crippen LogP contribution in [0.25, 0.3) is 5.76 Å².